The largest absolute Gasteiger partial charge is 0.480 e. The average molecular weight is 672 g/mol. The molecule has 1 atom stereocenters. The number of carboxylic acids is 1. The maximum Gasteiger partial charge on any atom is 0.322 e. The Kier molecular flexibility index (Phi) is 35.2. The van der Waals surface area contributed by atoms with E-state index in [1.165, 1.54) is 70.6 Å². The predicted molar refractivity (Wildman–Crippen MR) is 203 cm³/mol. The van der Waals surface area contributed by atoms with Gasteiger partial charge in [0.25, 0.3) is 0 Å². The van der Waals surface area contributed by atoms with Gasteiger partial charge in [0.2, 0.25) is 5.91 Å². The highest BCUT2D eigenvalue weighted by atomic mass is 16.5. The summed E-state index contributed by atoms with van der Waals surface area (Å²) < 4.78 is 5.98. The van der Waals surface area contributed by atoms with Crippen molar-refractivity contribution in [2.45, 2.75) is 193 Å². The topological polar surface area (TPSA) is 92.7 Å². The van der Waals surface area contributed by atoms with Crippen molar-refractivity contribution in [1.29, 1.82) is 0 Å². The van der Waals surface area contributed by atoms with E-state index in [9.17, 15) is 14.4 Å². The normalized spacial score (nSPS) is 12.5. The third-order valence-electron chi connectivity index (χ3n) is 8.45. The average Bonchev–Trinajstić information content (AvgIpc) is 3.07. The number of nitrogens with one attached hydrogen (secondary N) is 1. The van der Waals surface area contributed by atoms with Crippen LogP contribution in [-0.4, -0.2) is 35.6 Å². The van der Waals surface area contributed by atoms with E-state index in [1.54, 1.807) is 0 Å². The van der Waals surface area contributed by atoms with Crippen LogP contribution in [0.5, 0.6) is 0 Å². The van der Waals surface area contributed by atoms with Gasteiger partial charge in [-0.1, -0.05) is 133 Å². The molecule has 0 heterocycles. The van der Waals surface area contributed by atoms with Crippen molar-refractivity contribution in [1.82, 2.24) is 5.32 Å². The summed E-state index contributed by atoms with van der Waals surface area (Å²) in [4.78, 5) is 34.9. The molecular formula is C42H73NO5. The maximum atomic E-state index is 12.7. The molecule has 0 spiro atoms. The molecule has 0 aromatic heterocycles. The molecule has 2 N–H and O–H groups in total. The van der Waals surface area contributed by atoms with Crippen LogP contribution >= 0.6 is 0 Å². The number of ether oxygens (including phenoxy) is 1. The number of carboxylic acid groups (broad SMARTS) is 1. The minimum atomic E-state index is -1.02. The van der Waals surface area contributed by atoms with Gasteiger partial charge >= 0.3 is 11.9 Å². The molecule has 1 amide bonds. The first-order chi connectivity index (χ1) is 23.5. The summed E-state index contributed by atoms with van der Waals surface area (Å²) >= 11 is 0. The van der Waals surface area contributed by atoms with E-state index in [1.807, 2.05) is 0 Å². The molecule has 0 saturated carbocycles. The molecule has 0 aromatic carbocycles. The van der Waals surface area contributed by atoms with E-state index in [4.69, 9.17) is 9.84 Å². The fourth-order valence-corrected chi connectivity index (χ4v) is 5.53. The van der Waals surface area contributed by atoms with Crippen LogP contribution in [0.1, 0.15) is 187 Å². The molecule has 0 saturated heterocycles. The molecule has 0 aliphatic heterocycles. The Labute approximate surface area is 295 Å². The van der Waals surface area contributed by atoms with Gasteiger partial charge < -0.3 is 15.2 Å². The third-order valence-corrected chi connectivity index (χ3v) is 8.45. The van der Waals surface area contributed by atoms with Gasteiger partial charge in [-0.05, 0) is 89.9 Å². The van der Waals surface area contributed by atoms with Crippen molar-refractivity contribution >= 4 is 17.8 Å². The summed E-state index contributed by atoms with van der Waals surface area (Å²) in [5.74, 6) is -1.28. The SMILES string of the molecule is CCC/C=C\C/C=C\CCCCCCCC(=O)OC(CCC/C=C\C/C=C\CCCCCCC)CCCCCCCC(=O)NCC(=O)O. The van der Waals surface area contributed by atoms with Crippen molar-refractivity contribution in [3.05, 3.63) is 48.6 Å². The van der Waals surface area contributed by atoms with Crippen molar-refractivity contribution in [2.24, 2.45) is 0 Å². The fraction of sp³-hybridized carbons (Fsp3) is 0.738. The van der Waals surface area contributed by atoms with Crippen LogP contribution < -0.4 is 5.32 Å². The second-order valence-corrected chi connectivity index (χ2v) is 13.2. The second kappa shape index (κ2) is 37.2. The van der Waals surface area contributed by atoms with Crippen LogP contribution in [0.2, 0.25) is 0 Å². The smallest absolute Gasteiger partial charge is 0.322 e. The molecule has 0 rings (SSSR count). The number of amides is 1. The summed E-state index contributed by atoms with van der Waals surface area (Å²) in [5, 5.41) is 11.1. The molecule has 0 bridgehead atoms. The zero-order chi connectivity index (χ0) is 35.2. The highest BCUT2D eigenvalue weighted by Crippen LogP contribution is 2.17. The Balaban J connectivity index is 4.30. The van der Waals surface area contributed by atoms with Gasteiger partial charge in [0, 0.05) is 12.8 Å². The number of hydrogen-bond acceptors (Lipinski definition) is 4. The molecule has 6 nitrogen and oxygen atoms in total. The molecule has 0 aliphatic carbocycles. The standard InChI is InChI=1S/C42H73NO5/c1-3-5-7-9-11-13-15-17-19-21-23-26-30-34-39(35-31-27-25-28-32-36-40(44)43-38-41(45)46)48-42(47)37-33-29-24-22-20-18-16-14-12-10-8-6-4-2/h8,10,14-17,21,23,39H,3-7,9,11-13,18-20,22,24-38H2,1-2H3,(H,43,44)(H,45,46)/b10-8-,16-14-,17-15-,23-21-. The summed E-state index contributed by atoms with van der Waals surface area (Å²) in [6.07, 6.45) is 46.5. The van der Waals surface area contributed by atoms with E-state index in [2.05, 4.69) is 67.8 Å². The number of rotatable bonds is 35. The molecule has 6 heteroatoms. The summed E-state index contributed by atoms with van der Waals surface area (Å²) in [6, 6.07) is 0. The Hall–Kier alpha value is -2.63. The minimum Gasteiger partial charge on any atom is -0.480 e. The Morgan fingerprint density at radius 1 is 0.542 bits per heavy atom. The molecular weight excluding hydrogens is 598 g/mol. The summed E-state index contributed by atoms with van der Waals surface area (Å²) in [6.45, 7) is 4.14. The number of esters is 1. The lowest BCUT2D eigenvalue weighted by Crippen LogP contribution is -2.28. The van der Waals surface area contributed by atoms with E-state index < -0.39 is 5.97 Å². The number of carbonyl (C=O) groups is 3. The highest BCUT2D eigenvalue weighted by molar-refractivity contribution is 5.80. The maximum absolute atomic E-state index is 12.7. The van der Waals surface area contributed by atoms with E-state index in [0.29, 0.717) is 12.8 Å². The quantitative estimate of drug-likeness (QED) is 0.0397. The molecule has 0 aromatic rings. The van der Waals surface area contributed by atoms with Crippen LogP contribution in [-0.2, 0) is 19.1 Å². The van der Waals surface area contributed by atoms with Gasteiger partial charge in [0.1, 0.15) is 12.6 Å². The first-order valence-corrected chi connectivity index (χ1v) is 19.8. The van der Waals surface area contributed by atoms with Gasteiger partial charge in [-0.25, -0.2) is 0 Å². The number of carbonyl (C=O) groups excluding carboxylic acids is 2. The van der Waals surface area contributed by atoms with Crippen LogP contribution in [0, 0.1) is 0 Å². The van der Waals surface area contributed by atoms with Crippen molar-refractivity contribution in [2.75, 3.05) is 6.54 Å². The van der Waals surface area contributed by atoms with Gasteiger partial charge in [-0.3, -0.25) is 14.4 Å². The Morgan fingerprint density at radius 3 is 1.60 bits per heavy atom. The summed E-state index contributed by atoms with van der Waals surface area (Å²) in [7, 11) is 0. The Morgan fingerprint density at radius 2 is 1.02 bits per heavy atom. The van der Waals surface area contributed by atoms with Gasteiger partial charge in [-0.15, -0.1) is 0 Å². The molecule has 0 aliphatic rings. The lowest BCUT2D eigenvalue weighted by Gasteiger charge is -2.18. The van der Waals surface area contributed by atoms with Crippen LogP contribution in [0.4, 0.5) is 0 Å². The monoisotopic (exact) mass is 672 g/mol. The van der Waals surface area contributed by atoms with Gasteiger partial charge in [-0.2, -0.15) is 0 Å². The number of unbranched alkanes of at least 4 members (excludes halogenated alkanes) is 16. The number of aliphatic carboxylic acids is 1. The van der Waals surface area contributed by atoms with E-state index in [0.717, 1.165) is 89.9 Å². The lowest BCUT2D eigenvalue weighted by molar-refractivity contribution is -0.150. The first-order valence-electron chi connectivity index (χ1n) is 19.8. The third kappa shape index (κ3) is 36.2. The van der Waals surface area contributed by atoms with E-state index >= 15 is 0 Å². The van der Waals surface area contributed by atoms with Gasteiger partial charge in [0.05, 0.1) is 0 Å². The minimum absolute atomic E-state index is 0.0242. The van der Waals surface area contributed by atoms with Crippen LogP contribution in [0.25, 0.3) is 0 Å². The zero-order valence-corrected chi connectivity index (χ0v) is 31.1. The van der Waals surface area contributed by atoms with Gasteiger partial charge in [0.15, 0.2) is 0 Å². The fourth-order valence-electron chi connectivity index (χ4n) is 5.53. The van der Waals surface area contributed by atoms with Crippen molar-refractivity contribution < 1.29 is 24.2 Å². The highest BCUT2D eigenvalue weighted by Gasteiger charge is 2.14. The Bertz CT molecular complexity index is 875. The van der Waals surface area contributed by atoms with Crippen molar-refractivity contribution in [3.63, 3.8) is 0 Å². The lowest BCUT2D eigenvalue weighted by atomic mass is 10.0. The summed E-state index contributed by atoms with van der Waals surface area (Å²) in [5.41, 5.74) is 0. The second-order valence-electron chi connectivity index (χ2n) is 13.2. The molecule has 1 unspecified atom stereocenters. The zero-order valence-electron chi connectivity index (χ0n) is 31.1. The molecule has 276 valence electrons. The predicted octanol–water partition coefficient (Wildman–Crippen LogP) is 11.9. The first kappa shape index (κ1) is 45.4. The van der Waals surface area contributed by atoms with Crippen LogP contribution in [0.3, 0.4) is 0 Å². The molecule has 0 radical (unpaired) electrons. The number of hydrogen-bond donors (Lipinski definition) is 2. The van der Waals surface area contributed by atoms with Crippen LogP contribution in [0.15, 0.2) is 48.6 Å². The van der Waals surface area contributed by atoms with E-state index in [-0.39, 0.29) is 24.5 Å². The van der Waals surface area contributed by atoms with Crippen molar-refractivity contribution in [3.8, 4) is 0 Å². The molecule has 0 fully saturated rings. The number of allylic oxidation sites excluding steroid dienone is 8. The molecule has 48 heavy (non-hydrogen) atoms.